The first-order valence-electron chi connectivity index (χ1n) is 3.55. The maximum absolute atomic E-state index is 5.39. The van der Waals surface area contributed by atoms with Gasteiger partial charge in [0.2, 0.25) is 0 Å². The standard InChI is InChI=1S/C7H13BO/c1-6(8)5-7-3-2-4-9-7/h5,7H,2-4,8H2,1H3/b6-5+. The van der Waals surface area contributed by atoms with E-state index in [1.54, 1.807) is 0 Å². The number of ether oxygens (including phenoxy) is 1. The summed E-state index contributed by atoms with van der Waals surface area (Å²) in [4.78, 5) is 0. The van der Waals surface area contributed by atoms with Gasteiger partial charge in [0.1, 0.15) is 7.85 Å². The molecule has 50 valence electrons. The minimum atomic E-state index is 0.426. The zero-order chi connectivity index (χ0) is 6.69. The Morgan fingerprint density at radius 1 is 1.78 bits per heavy atom. The molecule has 1 saturated heterocycles. The third-order valence-corrected chi connectivity index (χ3v) is 1.48. The second kappa shape index (κ2) is 3.07. The molecule has 1 aliphatic rings. The summed E-state index contributed by atoms with van der Waals surface area (Å²) in [6.07, 6.45) is 5.07. The average Bonchev–Trinajstić information content (AvgIpc) is 2.15. The van der Waals surface area contributed by atoms with Crippen LogP contribution in [0.5, 0.6) is 0 Å². The topological polar surface area (TPSA) is 9.23 Å². The number of hydrogen-bond acceptors (Lipinski definition) is 1. The molecule has 0 amide bonds. The van der Waals surface area contributed by atoms with E-state index >= 15 is 0 Å². The van der Waals surface area contributed by atoms with Gasteiger partial charge in [-0.2, -0.15) is 0 Å². The Morgan fingerprint density at radius 2 is 2.56 bits per heavy atom. The molecule has 9 heavy (non-hydrogen) atoms. The normalized spacial score (nSPS) is 29.0. The van der Waals surface area contributed by atoms with Crippen molar-refractivity contribution >= 4 is 7.85 Å². The molecular weight excluding hydrogens is 111 g/mol. The molecule has 0 saturated carbocycles. The second-order valence-corrected chi connectivity index (χ2v) is 2.80. The highest BCUT2D eigenvalue weighted by Gasteiger charge is 2.11. The van der Waals surface area contributed by atoms with E-state index in [1.807, 2.05) is 0 Å². The van der Waals surface area contributed by atoms with Crippen molar-refractivity contribution in [1.29, 1.82) is 0 Å². The summed E-state index contributed by atoms with van der Waals surface area (Å²) in [6, 6.07) is 0. The van der Waals surface area contributed by atoms with Gasteiger partial charge in [-0.05, 0) is 12.8 Å². The summed E-state index contributed by atoms with van der Waals surface area (Å²) in [5.41, 5.74) is 1.36. The van der Waals surface area contributed by atoms with Crippen LogP contribution in [0.3, 0.4) is 0 Å². The van der Waals surface area contributed by atoms with E-state index in [4.69, 9.17) is 4.74 Å². The van der Waals surface area contributed by atoms with E-state index in [9.17, 15) is 0 Å². The van der Waals surface area contributed by atoms with Gasteiger partial charge in [-0.25, -0.2) is 0 Å². The molecule has 1 fully saturated rings. The molecular formula is C7H13BO. The van der Waals surface area contributed by atoms with Gasteiger partial charge in [0.15, 0.2) is 0 Å². The van der Waals surface area contributed by atoms with Crippen molar-refractivity contribution < 1.29 is 4.74 Å². The van der Waals surface area contributed by atoms with Gasteiger partial charge in [0.05, 0.1) is 6.10 Å². The smallest absolute Gasteiger partial charge is 0.133 e. The highest BCUT2D eigenvalue weighted by atomic mass is 16.5. The van der Waals surface area contributed by atoms with Crippen molar-refractivity contribution in [3.63, 3.8) is 0 Å². The first kappa shape index (κ1) is 6.88. The molecule has 0 aliphatic carbocycles. The molecule has 0 aromatic rings. The third-order valence-electron chi connectivity index (χ3n) is 1.48. The second-order valence-electron chi connectivity index (χ2n) is 2.80. The average molecular weight is 124 g/mol. The maximum atomic E-state index is 5.39. The summed E-state index contributed by atoms with van der Waals surface area (Å²) in [5.74, 6) is 0. The Labute approximate surface area is 57.5 Å². The van der Waals surface area contributed by atoms with Crippen molar-refractivity contribution in [3.8, 4) is 0 Å². The molecule has 1 rings (SSSR count). The Bertz CT molecular complexity index is 110. The predicted molar refractivity (Wildman–Crippen MR) is 41.3 cm³/mol. The molecule has 0 radical (unpaired) electrons. The van der Waals surface area contributed by atoms with Crippen molar-refractivity contribution in [1.82, 2.24) is 0 Å². The van der Waals surface area contributed by atoms with Crippen LogP contribution in [0, 0.1) is 0 Å². The van der Waals surface area contributed by atoms with Crippen LogP contribution < -0.4 is 0 Å². The van der Waals surface area contributed by atoms with Crippen LogP contribution in [0.1, 0.15) is 19.8 Å². The largest absolute Gasteiger partial charge is 0.374 e. The lowest BCUT2D eigenvalue weighted by Crippen LogP contribution is -2.00. The fourth-order valence-electron chi connectivity index (χ4n) is 1.11. The van der Waals surface area contributed by atoms with Crippen LogP contribution in [-0.4, -0.2) is 20.6 Å². The number of allylic oxidation sites excluding steroid dienone is 1. The van der Waals surface area contributed by atoms with Crippen LogP contribution in [0.2, 0.25) is 0 Å². The first-order chi connectivity index (χ1) is 4.29. The van der Waals surface area contributed by atoms with Gasteiger partial charge in [-0.1, -0.05) is 13.0 Å². The SMILES string of the molecule is B/C(C)=C/C1CCCO1. The third kappa shape index (κ3) is 2.23. The van der Waals surface area contributed by atoms with Crippen molar-refractivity contribution in [3.05, 3.63) is 11.5 Å². The molecule has 1 nitrogen and oxygen atoms in total. The van der Waals surface area contributed by atoms with E-state index in [-0.39, 0.29) is 0 Å². The molecule has 1 aliphatic heterocycles. The van der Waals surface area contributed by atoms with Gasteiger partial charge < -0.3 is 4.74 Å². The Hall–Kier alpha value is -0.235. The summed E-state index contributed by atoms with van der Waals surface area (Å²) >= 11 is 0. The molecule has 1 heterocycles. The van der Waals surface area contributed by atoms with Gasteiger partial charge in [-0.3, -0.25) is 0 Å². The molecule has 0 aromatic heterocycles. The van der Waals surface area contributed by atoms with E-state index in [0.717, 1.165) is 6.61 Å². The summed E-state index contributed by atoms with van der Waals surface area (Å²) in [5, 5.41) is 0. The van der Waals surface area contributed by atoms with Gasteiger partial charge in [-0.15, -0.1) is 5.47 Å². The predicted octanol–water partition coefficient (Wildman–Crippen LogP) is 0.702. The molecule has 1 unspecified atom stereocenters. The summed E-state index contributed by atoms with van der Waals surface area (Å²) in [7, 11) is 2.11. The van der Waals surface area contributed by atoms with E-state index < -0.39 is 0 Å². The number of hydrogen-bond donors (Lipinski definition) is 0. The van der Waals surface area contributed by atoms with Crippen LogP contribution in [-0.2, 0) is 4.74 Å². The van der Waals surface area contributed by atoms with Gasteiger partial charge in [0, 0.05) is 6.61 Å². The van der Waals surface area contributed by atoms with Crippen molar-refractivity contribution in [2.24, 2.45) is 0 Å². The van der Waals surface area contributed by atoms with Crippen LogP contribution in [0.25, 0.3) is 0 Å². The fraction of sp³-hybridized carbons (Fsp3) is 0.714. The van der Waals surface area contributed by atoms with Gasteiger partial charge in [0.25, 0.3) is 0 Å². The highest BCUT2D eigenvalue weighted by Crippen LogP contribution is 2.13. The van der Waals surface area contributed by atoms with Crippen molar-refractivity contribution in [2.45, 2.75) is 25.9 Å². The Morgan fingerprint density at radius 3 is 3.00 bits per heavy atom. The maximum Gasteiger partial charge on any atom is 0.133 e. The molecule has 0 aromatic carbocycles. The lowest BCUT2D eigenvalue weighted by Gasteiger charge is -2.01. The first-order valence-corrected chi connectivity index (χ1v) is 3.55. The van der Waals surface area contributed by atoms with Crippen molar-refractivity contribution in [2.75, 3.05) is 6.61 Å². The highest BCUT2D eigenvalue weighted by molar-refractivity contribution is 6.21. The Balaban J connectivity index is 2.35. The van der Waals surface area contributed by atoms with Crippen LogP contribution in [0.4, 0.5) is 0 Å². The lowest BCUT2D eigenvalue weighted by atomic mass is 9.96. The Kier molecular flexibility index (Phi) is 2.34. The van der Waals surface area contributed by atoms with E-state index in [0.29, 0.717) is 6.10 Å². The van der Waals surface area contributed by atoms with E-state index in [1.165, 1.54) is 18.3 Å². The molecule has 0 bridgehead atoms. The lowest BCUT2D eigenvalue weighted by molar-refractivity contribution is 0.145. The minimum absolute atomic E-state index is 0.426. The minimum Gasteiger partial charge on any atom is -0.374 e. The van der Waals surface area contributed by atoms with E-state index in [2.05, 4.69) is 20.8 Å². The van der Waals surface area contributed by atoms with Crippen LogP contribution in [0.15, 0.2) is 11.5 Å². The molecule has 1 atom stereocenters. The molecule has 0 spiro atoms. The molecule has 0 N–H and O–H groups in total. The fourth-order valence-corrected chi connectivity index (χ4v) is 1.11. The van der Waals surface area contributed by atoms with Gasteiger partial charge >= 0.3 is 0 Å². The number of rotatable bonds is 1. The zero-order valence-corrected chi connectivity index (χ0v) is 6.18. The zero-order valence-electron chi connectivity index (χ0n) is 6.18. The molecule has 2 heteroatoms. The van der Waals surface area contributed by atoms with Crippen LogP contribution >= 0.6 is 0 Å². The summed E-state index contributed by atoms with van der Waals surface area (Å²) in [6.45, 7) is 3.07. The quantitative estimate of drug-likeness (QED) is 0.467. The summed E-state index contributed by atoms with van der Waals surface area (Å²) < 4.78 is 5.39. The monoisotopic (exact) mass is 124 g/mol.